The van der Waals surface area contributed by atoms with Gasteiger partial charge in [0.2, 0.25) is 0 Å². The molecule has 158 valence electrons. The van der Waals surface area contributed by atoms with Crippen LogP contribution in [0.5, 0.6) is 0 Å². The molecule has 1 spiro atoms. The van der Waals surface area contributed by atoms with E-state index in [-0.39, 0.29) is 24.0 Å². The molecule has 5 nitrogen and oxygen atoms in total. The third-order valence-electron chi connectivity index (χ3n) is 7.04. The SMILES string of the molecule is CCN=C(NC1CC(OCC)C12CCC2)N1CCC(CN(CC)CC)C1.I. The van der Waals surface area contributed by atoms with Gasteiger partial charge >= 0.3 is 0 Å². The Morgan fingerprint density at radius 1 is 1.22 bits per heavy atom. The maximum atomic E-state index is 6.02. The van der Waals surface area contributed by atoms with Crippen molar-refractivity contribution in [3.05, 3.63) is 0 Å². The standard InChI is InChI=1S/C21H40N4O.HI/c1-5-22-20(25-13-10-17(16-25)15-24(6-2)7-3)23-18-14-19(26-8-4)21(18)11-9-12-21;/h17-19H,5-16H2,1-4H3,(H,22,23);1H. The van der Waals surface area contributed by atoms with Crippen molar-refractivity contribution >= 4 is 29.9 Å². The van der Waals surface area contributed by atoms with Crippen molar-refractivity contribution in [1.29, 1.82) is 0 Å². The summed E-state index contributed by atoms with van der Waals surface area (Å²) in [6.45, 7) is 16.3. The molecule has 0 amide bonds. The lowest BCUT2D eigenvalue weighted by molar-refractivity contribution is -0.168. The van der Waals surface area contributed by atoms with Gasteiger partial charge < -0.3 is 19.9 Å². The minimum Gasteiger partial charge on any atom is -0.378 e. The molecule has 6 heteroatoms. The van der Waals surface area contributed by atoms with Gasteiger partial charge in [-0.2, -0.15) is 0 Å². The summed E-state index contributed by atoms with van der Waals surface area (Å²) < 4.78 is 6.02. The van der Waals surface area contributed by atoms with Crippen LogP contribution in [0.3, 0.4) is 0 Å². The maximum absolute atomic E-state index is 6.02. The Labute approximate surface area is 183 Å². The summed E-state index contributed by atoms with van der Waals surface area (Å²) in [6.07, 6.45) is 6.90. The van der Waals surface area contributed by atoms with Gasteiger partial charge in [-0.3, -0.25) is 4.99 Å². The highest BCUT2D eigenvalue weighted by Gasteiger charge is 2.59. The topological polar surface area (TPSA) is 40.1 Å². The summed E-state index contributed by atoms with van der Waals surface area (Å²) in [5.41, 5.74) is 0.394. The number of likely N-dealkylation sites (tertiary alicyclic amines) is 1. The Balaban J connectivity index is 0.00000261. The van der Waals surface area contributed by atoms with Crippen LogP contribution in [0.15, 0.2) is 4.99 Å². The zero-order valence-corrected chi connectivity index (χ0v) is 20.2. The number of aliphatic imine (C=N–C) groups is 1. The summed E-state index contributed by atoms with van der Waals surface area (Å²) in [4.78, 5) is 9.92. The molecule has 2 aliphatic carbocycles. The minimum absolute atomic E-state index is 0. The molecular formula is C21H41IN4O. The molecule has 0 radical (unpaired) electrons. The molecule has 1 saturated heterocycles. The van der Waals surface area contributed by atoms with Crippen LogP contribution < -0.4 is 5.32 Å². The van der Waals surface area contributed by atoms with Crippen LogP contribution in [0, 0.1) is 11.3 Å². The van der Waals surface area contributed by atoms with Crippen LogP contribution >= 0.6 is 24.0 Å². The highest BCUT2D eigenvalue weighted by Crippen LogP contribution is 2.57. The van der Waals surface area contributed by atoms with Crippen molar-refractivity contribution in [2.24, 2.45) is 16.3 Å². The van der Waals surface area contributed by atoms with E-state index in [0.717, 1.165) is 57.6 Å². The molecule has 3 rings (SSSR count). The fourth-order valence-corrected chi connectivity index (χ4v) is 5.20. The van der Waals surface area contributed by atoms with Crippen molar-refractivity contribution in [3.8, 4) is 0 Å². The maximum Gasteiger partial charge on any atom is 0.194 e. The third kappa shape index (κ3) is 4.92. The highest BCUT2D eigenvalue weighted by atomic mass is 127. The molecule has 0 aromatic carbocycles. The number of halogens is 1. The molecule has 3 atom stereocenters. The van der Waals surface area contributed by atoms with Gasteiger partial charge in [0.05, 0.1) is 6.10 Å². The molecule has 3 unspecified atom stereocenters. The van der Waals surface area contributed by atoms with Crippen LogP contribution in [-0.2, 0) is 4.74 Å². The monoisotopic (exact) mass is 492 g/mol. The first-order valence-corrected chi connectivity index (χ1v) is 11.1. The lowest BCUT2D eigenvalue weighted by Gasteiger charge is -2.61. The normalized spacial score (nSPS) is 29.4. The van der Waals surface area contributed by atoms with E-state index in [1.165, 1.54) is 32.2 Å². The van der Waals surface area contributed by atoms with Gasteiger partial charge in [0.25, 0.3) is 0 Å². The van der Waals surface area contributed by atoms with Gasteiger partial charge in [-0.1, -0.05) is 20.3 Å². The predicted octanol–water partition coefficient (Wildman–Crippen LogP) is 3.58. The Morgan fingerprint density at radius 3 is 2.52 bits per heavy atom. The lowest BCUT2D eigenvalue weighted by atomic mass is 9.51. The predicted molar refractivity (Wildman–Crippen MR) is 124 cm³/mol. The van der Waals surface area contributed by atoms with Crippen molar-refractivity contribution in [2.45, 2.75) is 71.9 Å². The van der Waals surface area contributed by atoms with E-state index in [0.29, 0.717) is 17.6 Å². The van der Waals surface area contributed by atoms with E-state index in [1.54, 1.807) is 0 Å². The lowest BCUT2D eigenvalue weighted by Crippen LogP contribution is -2.68. The van der Waals surface area contributed by atoms with Gasteiger partial charge in [0.15, 0.2) is 5.96 Å². The summed E-state index contributed by atoms with van der Waals surface area (Å²) >= 11 is 0. The summed E-state index contributed by atoms with van der Waals surface area (Å²) in [6, 6.07) is 0.555. The van der Waals surface area contributed by atoms with Gasteiger partial charge in [0, 0.05) is 44.2 Å². The Kier molecular flexibility index (Phi) is 9.13. The second-order valence-corrected chi connectivity index (χ2v) is 8.35. The molecular weight excluding hydrogens is 451 g/mol. The Hall–Kier alpha value is -0.0800. The van der Waals surface area contributed by atoms with Crippen LogP contribution in [0.1, 0.15) is 59.8 Å². The zero-order valence-electron chi connectivity index (χ0n) is 17.9. The van der Waals surface area contributed by atoms with Gasteiger partial charge in [-0.15, -0.1) is 24.0 Å². The highest BCUT2D eigenvalue weighted by molar-refractivity contribution is 14.0. The molecule has 1 aliphatic heterocycles. The number of nitrogens with one attached hydrogen (secondary N) is 1. The zero-order chi connectivity index (χ0) is 18.6. The van der Waals surface area contributed by atoms with E-state index in [2.05, 4.69) is 42.8 Å². The van der Waals surface area contributed by atoms with E-state index in [4.69, 9.17) is 9.73 Å². The molecule has 3 aliphatic rings. The van der Waals surface area contributed by atoms with E-state index in [9.17, 15) is 0 Å². The van der Waals surface area contributed by atoms with Gasteiger partial charge in [-0.05, 0) is 58.5 Å². The Morgan fingerprint density at radius 2 is 1.96 bits per heavy atom. The number of rotatable bonds is 8. The average Bonchev–Trinajstić information content (AvgIpc) is 3.04. The molecule has 1 heterocycles. The molecule has 1 N–H and O–H groups in total. The van der Waals surface area contributed by atoms with Crippen LogP contribution in [0.4, 0.5) is 0 Å². The number of ether oxygens (including phenoxy) is 1. The molecule has 0 aromatic rings. The first-order valence-electron chi connectivity index (χ1n) is 11.1. The molecule has 0 aromatic heterocycles. The average molecular weight is 492 g/mol. The minimum atomic E-state index is 0. The fourth-order valence-electron chi connectivity index (χ4n) is 5.20. The Bertz CT molecular complexity index is 479. The van der Waals surface area contributed by atoms with Crippen LogP contribution in [0.2, 0.25) is 0 Å². The molecule has 2 saturated carbocycles. The number of nitrogens with zero attached hydrogens (tertiary/aromatic N) is 3. The second-order valence-electron chi connectivity index (χ2n) is 8.35. The summed E-state index contributed by atoms with van der Waals surface area (Å²) in [5, 5.41) is 3.86. The summed E-state index contributed by atoms with van der Waals surface area (Å²) in [5.74, 6) is 1.93. The molecule has 0 bridgehead atoms. The first-order chi connectivity index (χ1) is 12.7. The van der Waals surface area contributed by atoms with Gasteiger partial charge in [-0.25, -0.2) is 0 Å². The summed E-state index contributed by atoms with van der Waals surface area (Å²) in [7, 11) is 0. The number of hydrogen-bond donors (Lipinski definition) is 1. The van der Waals surface area contributed by atoms with E-state index < -0.39 is 0 Å². The largest absolute Gasteiger partial charge is 0.378 e. The first kappa shape index (κ1) is 23.2. The third-order valence-corrected chi connectivity index (χ3v) is 7.04. The van der Waals surface area contributed by atoms with Crippen LogP contribution in [-0.4, -0.2) is 73.8 Å². The number of hydrogen-bond acceptors (Lipinski definition) is 3. The quantitative estimate of drug-likeness (QED) is 0.320. The van der Waals surface area contributed by atoms with Gasteiger partial charge in [0.1, 0.15) is 0 Å². The molecule has 27 heavy (non-hydrogen) atoms. The fraction of sp³-hybridized carbons (Fsp3) is 0.952. The smallest absolute Gasteiger partial charge is 0.194 e. The van der Waals surface area contributed by atoms with E-state index in [1.807, 2.05) is 0 Å². The van der Waals surface area contributed by atoms with E-state index >= 15 is 0 Å². The molecule has 3 fully saturated rings. The second kappa shape index (κ2) is 10.6. The van der Waals surface area contributed by atoms with Crippen molar-refractivity contribution in [2.75, 3.05) is 45.9 Å². The number of guanidine groups is 1. The van der Waals surface area contributed by atoms with Crippen LogP contribution in [0.25, 0.3) is 0 Å². The van der Waals surface area contributed by atoms with Crippen molar-refractivity contribution in [1.82, 2.24) is 15.1 Å². The van der Waals surface area contributed by atoms with Crippen molar-refractivity contribution < 1.29 is 4.74 Å². The van der Waals surface area contributed by atoms with Crippen molar-refractivity contribution in [3.63, 3.8) is 0 Å².